The Hall–Kier alpha value is -1.65. The molecule has 33 heavy (non-hydrogen) atoms. The predicted molar refractivity (Wildman–Crippen MR) is 130 cm³/mol. The summed E-state index contributed by atoms with van der Waals surface area (Å²) in [6.07, 6.45) is 11.7. The van der Waals surface area contributed by atoms with Crippen molar-refractivity contribution in [2.45, 2.75) is 96.9 Å². The maximum absolute atomic E-state index is 12.5. The van der Waals surface area contributed by atoms with Gasteiger partial charge in [-0.1, -0.05) is 44.9 Å². The van der Waals surface area contributed by atoms with Crippen LogP contribution in [0.4, 0.5) is 0 Å². The normalized spacial score (nSPS) is 32.1. The minimum absolute atomic E-state index is 0.0733. The SMILES string of the molecule is CC(CCCC(OC1CCCCO1)c1cc2ccccc2o1)C1CCC2C(=O)CCCC21C. The van der Waals surface area contributed by atoms with Crippen LogP contribution >= 0.6 is 0 Å². The van der Waals surface area contributed by atoms with Gasteiger partial charge in [0.2, 0.25) is 0 Å². The fraction of sp³-hybridized carbons (Fsp3) is 0.690. The summed E-state index contributed by atoms with van der Waals surface area (Å²) in [5.41, 5.74) is 1.14. The van der Waals surface area contributed by atoms with Crippen LogP contribution in [0, 0.1) is 23.2 Å². The minimum atomic E-state index is -0.128. The van der Waals surface area contributed by atoms with E-state index in [2.05, 4.69) is 32.0 Å². The van der Waals surface area contributed by atoms with Gasteiger partial charge in [-0.15, -0.1) is 0 Å². The number of carbonyl (C=O) groups excluding carboxylic acids is 1. The third-order valence-electron chi connectivity index (χ3n) is 8.97. The highest BCUT2D eigenvalue weighted by atomic mass is 16.7. The molecule has 2 aromatic rings. The van der Waals surface area contributed by atoms with Crippen molar-refractivity contribution < 1.29 is 18.7 Å². The first kappa shape index (κ1) is 23.1. The van der Waals surface area contributed by atoms with Gasteiger partial charge in [-0.05, 0) is 80.8 Å². The van der Waals surface area contributed by atoms with Crippen LogP contribution in [0.1, 0.15) is 96.3 Å². The number of hydrogen-bond acceptors (Lipinski definition) is 4. The van der Waals surface area contributed by atoms with Crippen molar-refractivity contribution in [2.75, 3.05) is 6.61 Å². The topological polar surface area (TPSA) is 48.7 Å². The van der Waals surface area contributed by atoms with Gasteiger partial charge in [0.1, 0.15) is 23.2 Å². The second kappa shape index (κ2) is 9.92. The second-order valence-corrected chi connectivity index (χ2v) is 11.1. The predicted octanol–water partition coefficient (Wildman–Crippen LogP) is 7.61. The van der Waals surface area contributed by atoms with Gasteiger partial charge in [0.25, 0.3) is 0 Å². The monoisotopic (exact) mass is 452 g/mol. The first-order chi connectivity index (χ1) is 16.0. The molecule has 2 heterocycles. The molecule has 5 rings (SSSR count). The highest BCUT2D eigenvalue weighted by molar-refractivity contribution is 5.83. The van der Waals surface area contributed by atoms with Crippen LogP contribution in [0.3, 0.4) is 0 Å². The second-order valence-electron chi connectivity index (χ2n) is 11.1. The van der Waals surface area contributed by atoms with Crippen molar-refractivity contribution in [1.29, 1.82) is 0 Å². The number of fused-ring (bicyclic) bond motifs is 2. The van der Waals surface area contributed by atoms with Gasteiger partial charge >= 0.3 is 0 Å². The van der Waals surface area contributed by atoms with E-state index in [4.69, 9.17) is 13.9 Å². The van der Waals surface area contributed by atoms with Crippen molar-refractivity contribution in [3.8, 4) is 0 Å². The molecule has 0 spiro atoms. The van der Waals surface area contributed by atoms with Crippen molar-refractivity contribution in [1.82, 2.24) is 0 Å². The molecule has 1 aromatic heterocycles. The van der Waals surface area contributed by atoms with E-state index in [1.807, 2.05) is 12.1 Å². The highest BCUT2D eigenvalue weighted by Crippen LogP contribution is 2.57. The van der Waals surface area contributed by atoms with E-state index in [0.29, 0.717) is 23.5 Å². The number of carbonyl (C=O) groups is 1. The summed E-state index contributed by atoms with van der Waals surface area (Å²) in [4.78, 5) is 12.5. The Balaban J connectivity index is 1.24. The molecule has 0 amide bonds. The summed E-state index contributed by atoms with van der Waals surface area (Å²) >= 11 is 0. The number of benzene rings is 1. The van der Waals surface area contributed by atoms with Crippen LogP contribution in [0.5, 0.6) is 0 Å². The zero-order valence-electron chi connectivity index (χ0n) is 20.4. The number of furan rings is 1. The molecule has 2 saturated carbocycles. The van der Waals surface area contributed by atoms with E-state index in [1.54, 1.807) is 0 Å². The van der Waals surface area contributed by atoms with Gasteiger partial charge in [0.05, 0.1) is 0 Å². The maximum atomic E-state index is 12.5. The lowest BCUT2D eigenvalue weighted by Gasteiger charge is -2.42. The maximum Gasteiger partial charge on any atom is 0.158 e. The standard InChI is InChI=1S/C29H40O4/c1-20(22-15-16-23-24(30)11-8-17-29(22,23)2)9-7-13-26(33-28-14-5-6-18-31-28)27-19-21-10-3-4-12-25(21)32-27/h3-4,10,12,19-20,22-23,26,28H,5-9,11,13-18H2,1-2H3. The lowest BCUT2D eigenvalue weighted by Crippen LogP contribution is -2.39. The zero-order chi connectivity index (χ0) is 22.8. The van der Waals surface area contributed by atoms with Crippen molar-refractivity contribution in [3.05, 3.63) is 36.1 Å². The first-order valence-corrected chi connectivity index (χ1v) is 13.3. The molecule has 180 valence electrons. The van der Waals surface area contributed by atoms with Crippen LogP contribution in [-0.4, -0.2) is 18.7 Å². The fourth-order valence-corrected chi connectivity index (χ4v) is 7.17. The molecular formula is C29H40O4. The summed E-state index contributed by atoms with van der Waals surface area (Å²) in [5, 5.41) is 1.13. The summed E-state index contributed by atoms with van der Waals surface area (Å²) in [6, 6.07) is 10.3. The average molecular weight is 453 g/mol. The third kappa shape index (κ3) is 4.79. The van der Waals surface area contributed by atoms with E-state index in [9.17, 15) is 4.79 Å². The van der Waals surface area contributed by atoms with Gasteiger partial charge in [0, 0.05) is 24.3 Å². The molecule has 0 N–H and O–H groups in total. The molecule has 3 fully saturated rings. The lowest BCUT2D eigenvalue weighted by atomic mass is 9.62. The van der Waals surface area contributed by atoms with E-state index in [1.165, 1.54) is 19.3 Å². The minimum Gasteiger partial charge on any atom is -0.458 e. The van der Waals surface area contributed by atoms with Crippen molar-refractivity contribution in [2.24, 2.45) is 23.2 Å². The number of Topliss-reactive ketones (excluding diaryl/α,β-unsaturated/α-hetero) is 1. The highest BCUT2D eigenvalue weighted by Gasteiger charge is 2.52. The molecule has 0 radical (unpaired) electrons. The Morgan fingerprint density at radius 2 is 2.00 bits per heavy atom. The Morgan fingerprint density at radius 1 is 1.12 bits per heavy atom. The van der Waals surface area contributed by atoms with Crippen molar-refractivity contribution >= 4 is 16.8 Å². The molecule has 1 saturated heterocycles. The van der Waals surface area contributed by atoms with Gasteiger partial charge in [-0.25, -0.2) is 0 Å². The lowest BCUT2D eigenvalue weighted by molar-refractivity contribution is -0.194. The van der Waals surface area contributed by atoms with Gasteiger partial charge < -0.3 is 13.9 Å². The molecule has 4 heteroatoms. The number of para-hydroxylation sites is 1. The third-order valence-corrected chi connectivity index (χ3v) is 8.97. The van der Waals surface area contributed by atoms with Crippen LogP contribution in [0.2, 0.25) is 0 Å². The smallest absolute Gasteiger partial charge is 0.158 e. The molecule has 1 aliphatic heterocycles. The molecule has 0 bridgehead atoms. The van der Waals surface area contributed by atoms with Crippen molar-refractivity contribution in [3.63, 3.8) is 0 Å². The molecule has 3 aliphatic rings. The Morgan fingerprint density at radius 3 is 2.82 bits per heavy atom. The van der Waals surface area contributed by atoms with Crippen LogP contribution in [0.25, 0.3) is 11.0 Å². The number of ketones is 1. The largest absolute Gasteiger partial charge is 0.458 e. The van der Waals surface area contributed by atoms with Crippen LogP contribution in [0.15, 0.2) is 34.7 Å². The quantitative estimate of drug-likeness (QED) is 0.413. The first-order valence-electron chi connectivity index (χ1n) is 13.3. The summed E-state index contributed by atoms with van der Waals surface area (Å²) in [7, 11) is 0. The molecule has 1 aromatic carbocycles. The molecule has 4 nitrogen and oxygen atoms in total. The Bertz CT molecular complexity index is 909. The van der Waals surface area contributed by atoms with E-state index >= 15 is 0 Å². The number of rotatable bonds is 8. The fourth-order valence-electron chi connectivity index (χ4n) is 7.17. The van der Waals surface area contributed by atoms with E-state index < -0.39 is 0 Å². The molecule has 6 unspecified atom stereocenters. The average Bonchev–Trinajstić information content (AvgIpc) is 3.41. The Kier molecular flexibility index (Phi) is 6.94. The number of hydrogen-bond donors (Lipinski definition) is 0. The zero-order valence-corrected chi connectivity index (χ0v) is 20.4. The summed E-state index contributed by atoms with van der Waals surface area (Å²) in [6.45, 7) is 5.61. The molecular weight excluding hydrogens is 412 g/mol. The molecule has 2 aliphatic carbocycles. The Labute approximate surface area is 198 Å². The van der Waals surface area contributed by atoms with Crippen LogP contribution in [-0.2, 0) is 14.3 Å². The number of ether oxygens (including phenoxy) is 2. The van der Waals surface area contributed by atoms with E-state index in [0.717, 1.165) is 74.7 Å². The summed E-state index contributed by atoms with van der Waals surface area (Å²) in [5.74, 6) is 3.06. The van der Waals surface area contributed by atoms with Crippen LogP contribution < -0.4 is 0 Å². The summed E-state index contributed by atoms with van der Waals surface area (Å²) < 4.78 is 18.6. The molecule has 6 atom stereocenters. The van der Waals surface area contributed by atoms with Gasteiger partial charge in [-0.3, -0.25) is 4.79 Å². The van der Waals surface area contributed by atoms with Gasteiger partial charge in [-0.2, -0.15) is 0 Å². The van der Waals surface area contributed by atoms with E-state index in [-0.39, 0.29) is 17.8 Å². The van der Waals surface area contributed by atoms with Gasteiger partial charge in [0.15, 0.2) is 6.29 Å².